The minimum atomic E-state index is -0.984. The summed E-state index contributed by atoms with van der Waals surface area (Å²) in [6.07, 6.45) is 0.597. The van der Waals surface area contributed by atoms with Crippen LogP contribution < -0.4 is 15.5 Å². The molecule has 0 bridgehead atoms. The Morgan fingerprint density at radius 2 is 1.74 bits per heavy atom. The number of nitrogens with one attached hydrogen (secondary N) is 2. The van der Waals surface area contributed by atoms with Crippen LogP contribution in [0.15, 0.2) is 66.7 Å². The van der Waals surface area contributed by atoms with Crippen molar-refractivity contribution in [2.75, 3.05) is 13.2 Å². The summed E-state index contributed by atoms with van der Waals surface area (Å²) in [6.45, 7) is 1.50. The molecule has 2 atom stereocenters. The summed E-state index contributed by atoms with van der Waals surface area (Å²) in [6, 6.07) is 14.9. The highest BCUT2D eigenvalue weighted by Crippen LogP contribution is 2.34. The predicted octanol–water partition coefficient (Wildman–Crippen LogP) is 2.36. The van der Waals surface area contributed by atoms with Gasteiger partial charge in [-0.3, -0.25) is 20.1 Å². The van der Waals surface area contributed by atoms with E-state index in [0.717, 1.165) is 6.08 Å². The standard InChI is InChI=1S/C22H24N2O7/c1-15(11-12-19(26)24-29)20(17-9-5-6-10-18(17)30-14-13-25)31-22(28)23-21(27)16-7-3-2-4-8-16/h2-12,15,20,25,29H,13-14H2,1H3,(H,24,26)(H,23,27,28)/b12-11+/t15-,20+/m1/s1. The summed E-state index contributed by atoms with van der Waals surface area (Å²) in [5.74, 6) is -1.56. The Bertz CT molecular complexity index is 915. The Hall–Kier alpha value is -3.69. The molecule has 0 saturated heterocycles. The SMILES string of the molecule is C[C@H](/C=C/C(=O)NO)[C@H](OC(=O)NC(=O)c1ccccc1)c1ccccc1OCCO. The van der Waals surface area contributed by atoms with Crippen LogP contribution in [-0.2, 0) is 9.53 Å². The van der Waals surface area contributed by atoms with E-state index in [9.17, 15) is 14.4 Å². The van der Waals surface area contributed by atoms with E-state index in [0.29, 0.717) is 11.3 Å². The first-order valence-corrected chi connectivity index (χ1v) is 9.48. The molecule has 2 aromatic carbocycles. The number of amides is 3. The molecule has 2 rings (SSSR count). The van der Waals surface area contributed by atoms with Crippen molar-refractivity contribution in [2.45, 2.75) is 13.0 Å². The minimum absolute atomic E-state index is 0.0273. The molecule has 4 N–H and O–H groups in total. The van der Waals surface area contributed by atoms with Crippen LogP contribution in [-0.4, -0.2) is 41.4 Å². The number of aliphatic hydroxyl groups is 1. The van der Waals surface area contributed by atoms with Crippen LogP contribution >= 0.6 is 0 Å². The van der Waals surface area contributed by atoms with Gasteiger partial charge in [-0.25, -0.2) is 10.3 Å². The molecule has 0 aliphatic rings. The number of carbonyl (C=O) groups is 3. The third-order valence-electron chi connectivity index (χ3n) is 4.20. The van der Waals surface area contributed by atoms with Gasteiger partial charge in [-0.05, 0) is 18.2 Å². The fourth-order valence-corrected chi connectivity index (χ4v) is 2.73. The van der Waals surface area contributed by atoms with Gasteiger partial charge in [0.25, 0.3) is 11.8 Å². The van der Waals surface area contributed by atoms with Crippen molar-refractivity contribution in [3.63, 3.8) is 0 Å². The maximum atomic E-state index is 12.5. The molecule has 0 fully saturated rings. The highest BCUT2D eigenvalue weighted by molar-refractivity contribution is 6.02. The Morgan fingerprint density at radius 1 is 1.06 bits per heavy atom. The number of hydrogen-bond donors (Lipinski definition) is 4. The number of alkyl carbamates (subject to hydrolysis) is 1. The third kappa shape index (κ3) is 7.25. The second-order valence-corrected chi connectivity index (χ2v) is 6.45. The molecule has 31 heavy (non-hydrogen) atoms. The average Bonchev–Trinajstić information content (AvgIpc) is 2.80. The Balaban J connectivity index is 2.25. The van der Waals surface area contributed by atoms with Crippen molar-refractivity contribution in [3.8, 4) is 5.75 Å². The lowest BCUT2D eigenvalue weighted by Gasteiger charge is -2.24. The van der Waals surface area contributed by atoms with Crippen LogP contribution in [0, 0.1) is 5.92 Å². The number of rotatable bonds is 9. The van der Waals surface area contributed by atoms with Gasteiger partial charge in [0.2, 0.25) is 0 Å². The number of carbonyl (C=O) groups excluding carboxylic acids is 3. The maximum absolute atomic E-state index is 12.5. The summed E-state index contributed by atoms with van der Waals surface area (Å²) >= 11 is 0. The lowest BCUT2D eigenvalue weighted by Crippen LogP contribution is -2.33. The zero-order chi connectivity index (χ0) is 22.6. The van der Waals surface area contributed by atoms with Crippen LogP contribution in [0.1, 0.15) is 28.9 Å². The molecule has 3 amide bonds. The minimum Gasteiger partial charge on any atom is -0.491 e. The van der Waals surface area contributed by atoms with Crippen LogP contribution in [0.4, 0.5) is 4.79 Å². The monoisotopic (exact) mass is 428 g/mol. The predicted molar refractivity (Wildman–Crippen MR) is 110 cm³/mol. The van der Waals surface area contributed by atoms with Crippen LogP contribution in [0.3, 0.4) is 0 Å². The Kier molecular flexibility index (Phi) is 9.21. The van der Waals surface area contributed by atoms with Gasteiger partial charge in [-0.2, -0.15) is 0 Å². The fraction of sp³-hybridized carbons (Fsp3) is 0.227. The number of aliphatic hydroxyl groups excluding tert-OH is 1. The van der Waals surface area contributed by atoms with Gasteiger partial charge in [0, 0.05) is 23.1 Å². The molecule has 0 aliphatic carbocycles. The van der Waals surface area contributed by atoms with E-state index in [-0.39, 0.29) is 18.8 Å². The molecule has 9 nitrogen and oxygen atoms in total. The van der Waals surface area contributed by atoms with Crippen molar-refractivity contribution in [2.24, 2.45) is 5.92 Å². The summed E-state index contributed by atoms with van der Waals surface area (Å²) in [5, 5.41) is 19.9. The van der Waals surface area contributed by atoms with Gasteiger partial charge in [0.1, 0.15) is 18.5 Å². The van der Waals surface area contributed by atoms with Gasteiger partial charge in [-0.15, -0.1) is 0 Å². The van der Waals surface area contributed by atoms with E-state index in [1.54, 1.807) is 61.5 Å². The number of para-hydroxylation sites is 1. The Morgan fingerprint density at radius 3 is 2.42 bits per heavy atom. The van der Waals surface area contributed by atoms with Crippen LogP contribution in [0.5, 0.6) is 5.75 Å². The molecular weight excluding hydrogens is 404 g/mol. The second-order valence-electron chi connectivity index (χ2n) is 6.45. The largest absolute Gasteiger partial charge is 0.491 e. The normalized spacial score (nSPS) is 12.6. The van der Waals surface area contributed by atoms with E-state index >= 15 is 0 Å². The van der Waals surface area contributed by atoms with E-state index in [2.05, 4.69) is 5.32 Å². The van der Waals surface area contributed by atoms with Crippen molar-refractivity contribution in [1.29, 1.82) is 0 Å². The molecular formula is C22H24N2O7. The van der Waals surface area contributed by atoms with E-state index in [1.165, 1.54) is 11.6 Å². The molecule has 0 unspecified atom stereocenters. The quantitative estimate of drug-likeness (QED) is 0.274. The van der Waals surface area contributed by atoms with E-state index in [4.69, 9.17) is 19.8 Å². The lowest BCUT2D eigenvalue weighted by atomic mass is 9.96. The highest BCUT2D eigenvalue weighted by Gasteiger charge is 2.26. The second kappa shape index (κ2) is 12.1. The third-order valence-corrected chi connectivity index (χ3v) is 4.20. The van der Waals surface area contributed by atoms with Gasteiger partial charge >= 0.3 is 6.09 Å². The van der Waals surface area contributed by atoms with Crippen molar-refractivity contribution in [3.05, 3.63) is 77.9 Å². The molecule has 0 aromatic heterocycles. The van der Waals surface area contributed by atoms with Gasteiger partial charge < -0.3 is 14.6 Å². The van der Waals surface area contributed by atoms with Crippen molar-refractivity contribution in [1.82, 2.24) is 10.8 Å². The first kappa shape index (κ1) is 23.6. The first-order chi connectivity index (χ1) is 15.0. The number of hydroxylamine groups is 1. The lowest BCUT2D eigenvalue weighted by molar-refractivity contribution is -0.124. The molecule has 0 aliphatic heterocycles. The molecule has 0 saturated carbocycles. The van der Waals surface area contributed by atoms with E-state index < -0.39 is 29.9 Å². The smallest absolute Gasteiger partial charge is 0.414 e. The zero-order valence-electron chi connectivity index (χ0n) is 16.9. The number of ether oxygens (including phenoxy) is 2. The summed E-state index contributed by atoms with van der Waals surface area (Å²) in [4.78, 5) is 36.0. The molecule has 9 heteroatoms. The molecule has 0 spiro atoms. The zero-order valence-corrected chi connectivity index (χ0v) is 16.9. The molecule has 0 heterocycles. The summed E-state index contributed by atoms with van der Waals surface area (Å²) < 4.78 is 11.0. The van der Waals surface area contributed by atoms with Gasteiger partial charge in [0.05, 0.1) is 6.61 Å². The van der Waals surface area contributed by atoms with Crippen molar-refractivity contribution >= 4 is 17.9 Å². The number of hydrogen-bond acceptors (Lipinski definition) is 7. The number of imide groups is 1. The van der Waals surface area contributed by atoms with Crippen molar-refractivity contribution < 1.29 is 34.2 Å². The van der Waals surface area contributed by atoms with Crippen LogP contribution in [0.25, 0.3) is 0 Å². The summed E-state index contributed by atoms with van der Waals surface area (Å²) in [7, 11) is 0. The van der Waals surface area contributed by atoms with Gasteiger partial charge in [-0.1, -0.05) is 49.4 Å². The fourth-order valence-electron chi connectivity index (χ4n) is 2.73. The topological polar surface area (TPSA) is 134 Å². The number of benzene rings is 2. The van der Waals surface area contributed by atoms with E-state index in [1.807, 2.05) is 0 Å². The Labute approximate surface area is 179 Å². The average molecular weight is 428 g/mol. The maximum Gasteiger partial charge on any atom is 0.414 e. The van der Waals surface area contributed by atoms with Crippen LogP contribution in [0.2, 0.25) is 0 Å². The highest BCUT2D eigenvalue weighted by atomic mass is 16.6. The molecule has 164 valence electrons. The first-order valence-electron chi connectivity index (χ1n) is 9.48. The molecule has 0 radical (unpaired) electrons. The molecule has 2 aromatic rings. The van der Waals surface area contributed by atoms with Gasteiger partial charge in [0.15, 0.2) is 0 Å². The summed E-state index contributed by atoms with van der Waals surface area (Å²) in [5.41, 5.74) is 2.24.